The fourth-order valence-electron chi connectivity index (χ4n) is 3.97. The van der Waals surface area contributed by atoms with Crippen molar-refractivity contribution < 1.29 is 27.4 Å². The average molecular weight is 567 g/mol. The number of terminal acetylenes is 1. The van der Waals surface area contributed by atoms with Gasteiger partial charge in [-0.15, -0.1) is 6.42 Å². The zero-order chi connectivity index (χ0) is 30.7. The molecular weight excluding hydrogens is 529 g/mol. The molecule has 1 amide bonds. The number of carbonyl (C=O) groups excluding carboxylic acids is 1. The first-order valence-electron chi connectivity index (χ1n) is 13.1. The molecule has 0 heterocycles. The first-order valence-corrected chi connectivity index (χ1v) is 13.1. The molecule has 2 aromatic carbocycles. The molecule has 0 radical (unpaired) electrons. The number of aryl methyl sites for hydroxylation is 1. The van der Waals surface area contributed by atoms with Gasteiger partial charge in [0.25, 0.3) is 5.91 Å². The van der Waals surface area contributed by atoms with Crippen LogP contribution in [0.3, 0.4) is 0 Å². The molecule has 0 bridgehead atoms. The van der Waals surface area contributed by atoms with Gasteiger partial charge in [0, 0.05) is 29.6 Å². The normalized spacial score (nSPS) is 12.2. The van der Waals surface area contributed by atoms with Crippen molar-refractivity contribution in [2.45, 2.75) is 46.7 Å². The van der Waals surface area contributed by atoms with Crippen LogP contribution in [-0.2, 0) is 0 Å². The predicted octanol–water partition coefficient (Wildman–Crippen LogP) is 8.30. The van der Waals surface area contributed by atoms with Gasteiger partial charge in [0.15, 0.2) is 0 Å². The Bertz CT molecular complexity index is 1370. The Hall–Kier alpha value is -4.38. The molecule has 218 valence electrons. The van der Waals surface area contributed by atoms with Crippen LogP contribution in [-0.4, -0.2) is 32.8 Å². The van der Waals surface area contributed by atoms with Gasteiger partial charge in [0.05, 0.1) is 19.9 Å². The fraction of sp³-hybridized carbons (Fsp3) is 0.303. The number of hydrogen-bond acceptors (Lipinski definition) is 4. The highest BCUT2D eigenvalue weighted by molar-refractivity contribution is 6.00. The molecule has 0 spiro atoms. The van der Waals surface area contributed by atoms with Crippen molar-refractivity contribution in [1.29, 1.82) is 0 Å². The third-order valence-corrected chi connectivity index (χ3v) is 6.22. The lowest BCUT2D eigenvalue weighted by molar-refractivity contribution is -0.123. The second-order valence-electron chi connectivity index (χ2n) is 9.29. The molecule has 0 atom stereocenters. The highest BCUT2D eigenvalue weighted by Gasteiger charge is 2.30. The predicted molar refractivity (Wildman–Crippen MR) is 161 cm³/mol. The van der Waals surface area contributed by atoms with Crippen LogP contribution in [0, 0.1) is 19.3 Å². The van der Waals surface area contributed by atoms with Crippen LogP contribution in [0.25, 0.3) is 5.57 Å². The number of allylic oxidation sites excluding steroid dienone is 6. The summed E-state index contributed by atoms with van der Waals surface area (Å²) in [5, 5.41) is 1.89. The maximum atomic E-state index is 12.8. The summed E-state index contributed by atoms with van der Waals surface area (Å²) >= 11 is 0. The van der Waals surface area contributed by atoms with Crippen LogP contribution in [0.1, 0.15) is 55.1 Å². The second kappa shape index (κ2) is 14.8. The van der Waals surface area contributed by atoms with Crippen LogP contribution in [0.5, 0.6) is 11.5 Å². The van der Waals surface area contributed by atoms with E-state index in [1.165, 1.54) is 14.2 Å². The van der Waals surface area contributed by atoms with E-state index in [1.807, 2.05) is 55.4 Å². The number of carbonyl (C=O) groups is 1. The third-order valence-electron chi connectivity index (χ3n) is 6.22. The first-order chi connectivity index (χ1) is 19.4. The smallest absolute Gasteiger partial charge is 0.405 e. The molecule has 5 nitrogen and oxygen atoms in total. The maximum absolute atomic E-state index is 12.8. The minimum absolute atomic E-state index is 0.0768. The summed E-state index contributed by atoms with van der Waals surface area (Å²) in [4.78, 5) is 14.7. The van der Waals surface area contributed by atoms with E-state index in [0.29, 0.717) is 11.3 Å². The Labute approximate surface area is 241 Å². The Morgan fingerprint density at radius 3 is 2.24 bits per heavy atom. The van der Waals surface area contributed by atoms with Crippen LogP contribution in [0.2, 0.25) is 0 Å². The van der Waals surface area contributed by atoms with Crippen molar-refractivity contribution in [1.82, 2.24) is 5.32 Å². The summed E-state index contributed by atoms with van der Waals surface area (Å²) in [5.41, 5.74) is 5.93. The van der Waals surface area contributed by atoms with Crippen LogP contribution in [0.4, 0.5) is 24.5 Å². The number of halogens is 3. The highest BCUT2D eigenvalue weighted by Crippen LogP contribution is 2.39. The topological polar surface area (TPSA) is 50.8 Å². The van der Waals surface area contributed by atoms with Gasteiger partial charge in [-0.25, -0.2) is 0 Å². The molecule has 8 heteroatoms. The summed E-state index contributed by atoms with van der Waals surface area (Å²) in [7, 11) is 2.70. The van der Waals surface area contributed by atoms with E-state index >= 15 is 0 Å². The van der Waals surface area contributed by atoms with Gasteiger partial charge in [-0.3, -0.25) is 4.79 Å². The van der Waals surface area contributed by atoms with Gasteiger partial charge in [-0.1, -0.05) is 50.1 Å². The summed E-state index contributed by atoms with van der Waals surface area (Å²) in [6, 6.07) is 9.26. The monoisotopic (exact) mass is 566 g/mol. The number of methoxy groups -OCH3 is 2. The van der Waals surface area contributed by atoms with Gasteiger partial charge in [-0.2, -0.15) is 13.2 Å². The lowest BCUT2D eigenvalue weighted by Gasteiger charge is -2.26. The molecule has 0 unspecified atom stereocenters. The lowest BCUT2D eigenvalue weighted by atomic mass is 9.99. The number of rotatable bonds is 12. The van der Waals surface area contributed by atoms with E-state index in [9.17, 15) is 18.0 Å². The summed E-state index contributed by atoms with van der Waals surface area (Å²) in [6.07, 6.45) is 10.3. The molecule has 0 saturated heterocycles. The van der Waals surface area contributed by atoms with Crippen LogP contribution < -0.4 is 19.7 Å². The Morgan fingerprint density at radius 1 is 1.12 bits per heavy atom. The number of ether oxygens (including phenoxy) is 2. The Morgan fingerprint density at radius 2 is 1.76 bits per heavy atom. The van der Waals surface area contributed by atoms with Crippen molar-refractivity contribution in [2.24, 2.45) is 0 Å². The SMILES string of the molecule is C#CC(=C)/C=C\C(=C/CC)c1ccc(N(/C=C(/C)CC)c2cc(OC)c(C(=O)NCC(F)(F)F)c(OC)c2)c(C)c1. The second-order valence-corrected chi connectivity index (χ2v) is 9.29. The van der Waals surface area contributed by atoms with Crippen molar-refractivity contribution >= 4 is 22.9 Å². The van der Waals surface area contributed by atoms with Crippen LogP contribution in [0.15, 0.2) is 72.5 Å². The van der Waals surface area contributed by atoms with Crippen molar-refractivity contribution in [3.63, 3.8) is 0 Å². The largest absolute Gasteiger partial charge is 0.496 e. The quantitative estimate of drug-likeness (QED) is 0.207. The fourth-order valence-corrected chi connectivity index (χ4v) is 3.97. The van der Waals surface area contributed by atoms with Crippen molar-refractivity contribution in [3.8, 4) is 23.8 Å². The molecule has 41 heavy (non-hydrogen) atoms. The van der Waals surface area contributed by atoms with E-state index < -0.39 is 18.6 Å². The van der Waals surface area contributed by atoms with Gasteiger partial charge >= 0.3 is 6.18 Å². The van der Waals surface area contributed by atoms with E-state index in [1.54, 1.807) is 18.2 Å². The number of nitrogens with zero attached hydrogens (tertiary/aromatic N) is 1. The molecule has 0 aliphatic heterocycles. The molecule has 0 aliphatic rings. The zero-order valence-electron chi connectivity index (χ0n) is 24.4. The van der Waals surface area contributed by atoms with E-state index in [0.717, 1.165) is 40.8 Å². The summed E-state index contributed by atoms with van der Waals surface area (Å²) in [6.45, 7) is 10.4. The molecule has 1 N–H and O–H groups in total. The molecule has 0 aromatic heterocycles. The molecule has 2 aromatic rings. The molecule has 0 saturated carbocycles. The minimum Gasteiger partial charge on any atom is -0.496 e. The molecular formula is C33H37F3N2O3. The Kier molecular flexibility index (Phi) is 11.9. The lowest BCUT2D eigenvalue weighted by Crippen LogP contribution is -2.34. The molecule has 2 rings (SSSR count). The number of hydrogen-bond donors (Lipinski definition) is 1. The van der Waals surface area contributed by atoms with Crippen molar-refractivity contribution in [2.75, 3.05) is 25.7 Å². The van der Waals surface area contributed by atoms with Gasteiger partial charge in [0.1, 0.15) is 23.6 Å². The number of alkyl halides is 3. The van der Waals surface area contributed by atoms with Gasteiger partial charge in [0.2, 0.25) is 0 Å². The standard InChI is InChI=1S/C33H37F3N2O3/c1-9-12-25(14-13-22(4)10-2)26-15-16-28(24(6)17-26)38(20-23(5)11-3)27-18-29(40-7)31(30(19-27)41-8)32(39)37-21-33(34,35)36/h2,12-20H,4,9,11,21H2,1,3,5-8H3,(H,37,39)/b14-13-,23-20-,25-12+. The maximum Gasteiger partial charge on any atom is 0.405 e. The summed E-state index contributed by atoms with van der Waals surface area (Å²) < 4.78 is 49.2. The van der Waals surface area contributed by atoms with Crippen LogP contribution >= 0.6 is 0 Å². The minimum atomic E-state index is -4.56. The summed E-state index contributed by atoms with van der Waals surface area (Å²) in [5.74, 6) is 1.72. The average Bonchev–Trinajstić information content (AvgIpc) is 2.95. The zero-order valence-corrected chi connectivity index (χ0v) is 24.4. The number of nitrogens with one attached hydrogen (secondary N) is 1. The number of benzene rings is 2. The highest BCUT2D eigenvalue weighted by atomic mass is 19.4. The Balaban J connectivity index is 2.67. The van der Waals surface area contributed by atoms with Gasteiger partial charge in [-0.05, 0) is 61.6 Å². The van der Waals surface area contributed by atoms with E-state index in [-0.39, 0.29) is 17.1 Å². The van der Waals surface area contributed by atoms with Gasteiger partial charge < -0.3 is 19.7 Å². The number of amides is 1. The number of anilines is 2. The first kappa shape index (κ1) is 32.8. The van der Waals surface area contributed by atoms with E-state index in [4.69, 9.17) is 15.9 Å². The molecule has 0 fully saturated rings. The van der Waals surface area contributed by atoms with E-state index in [2.05, 4.69) is 31.6 Å². The van der Waals surface area contributed by atoms with Crippen molar-refractivity contribution in [3.05, 3.63) is 89.2 Å². The molecule has 0 aliphatic carbocycles. The third kappa shape index (κ3) is 9.07.